The molecule has 0 unspecified atom stereocenters. The number of H-pyrrole nitrogens is 1. The Bertz CT molecular complexity index is 239. The van der Waals surface area contributed by atoms with E-state index < -0.39 is 0 Å². The first-order chi connectivity index (χ1) is 5.81. The lowest BCUT2D eigenvalue weighted by molar-refractivity contribution is 0.424. The number of hydrogen-bond donors (Lipinski definition) is 2. The molecule has 0 radical (unpaired) electrons. The number of thioether (sulfide) groups is 1. The van der Waals surface area contributed by atoms with E-state index in [2.05, 4.69) is 9.97 Å². The van der Waals surface area contributed by atoms with Crippen LogP contribution in [0.15, 0.2) is 12.4 Å². The Labute approximate surface area is 76.1 Å². The van der Waals surface area contributed by atoms with Gasteiger partial charge in [-0.25, -0.2) is 4.98 Å². The normalized spacial score (nSPS) is 30.4. The molecule has 1 saturated heterocycles. The quantitative estimate of drug-likeness (QED) is 0.685. The molecule has 4 heteroatoms. The molecular weight excluding hydrogens is 170 g/mol. The third-order valence-electron chi connectivity index (χ3n) is 2.24. The Morgan fingerprint density at radius 2 is 2.58 bits per heavy atom. The van der Waals surface area contributed by atoms with Crippen LogP contribution in [0.2, 0.25) is 0 Å². The van der Waals surface area contributed by atoms with Crippen molar-refractivity contribution in [1.82, 2.24) is 9.97 Å². The summed E-state index contributed by atoms with van der Waals surface area (Å²) in [5, 5.41) is 0. The Morgan fingerprint density at radius 1 is 1.67 bits per heavy atom. The summed E-state index contributed by atoms with van der Waals surface area (Å²) in [7, 11) is 0. The third kappa shape index (κ3) is 1.36. The van der Waals surface area contributed by atoms with E-state index in [0.717, 1.165) is 18.0 Å². The van der Waals surface area contributed by atoms with Crippen LogP contribution in [-0.2, 0) is 5.54 Å². The van der Waals surface area contributed by atoms with Crippen molar-refractivity contribution >= 4 is 11.8 Å². The van der Waals surface area contributed by atoms with Gasteiger partial charge in [-0.3, -0.25) is 0 Å². The van der Waals surface area contributed by atoms with E-state index in [9.17, 15) is 0 Å². The van der Waals surface area contributed by atoms with Crippen molar-refractivity contribution in [3.8, 4) is 0 Å². The standard InChI is InChI=1S/C8H13N3S/c9-8(2-1-5-12-6-8)7-10-3-4-11-7/h3-4H,1-2,5-6,9H2,(H,10,11)/t8-/m1/s1. The molecular formula is C8H13N3S. The molecule has 0 bridgehead atoms. The molecule has 0 aliphatic carbocycles. The highest BCUT2D eigenvalue weighted by molar-refractivity contribution is 7.99. The minimum absolute atomic E-state index is 0.202. The number of nitrogens with two attached hydrogens (primary N) is 1. The molecule has 66 valence electrons. The Balaban J connectivity index is 2.19. The number of aromatic amines is 1. The van der Waals surface area contributed by atoms with E-state index in [1.807, 2.05) is 18.0 Å². The van der Waals surface area contributed by atoms with Gasteiger partial charge in [-0.15, -0.1) is 0 Å². The zero-order valence-corrected chi connectivity index (χ0v) is 7.73. The third-order valence-corrected chi connectivity index (χ3v) is 3.54. The van der Waals surface area contributed by atoms with Gasteiger partial charge in [0.05, 0.1) is 5.54 Å². The number of rotatable bonds is 1. The van der Waals surface area contributed by atoms with Crippen LogP contribution < -0.4 is 5.73 Å². The van der Waals surface area contributed by atoms with Gasteiger partial charge in [0.1, 0.15) is 5.82 Å². The van der Waals surface area contributed by atoms with Gasteiger partial charge in [-0.05, 0) is 18.6 Å². The molecule has 0 amide bonds. The highest BCUT2D eigenvalue weighted by atomic mass is 32.2. The number of nitrogens with one attached hydrogen (secondary N) is 1. The molecule has 1 aromatic rings. The van der Waals surface area contributed by atoms with Crippen LogP contribution in [0.4, 0.5) is 0 Å². The number of aromatic nitrogens is 2. The van der Waals surface area contributed by atoms with Crippen molar-refractivity contribution in [2.75, 3.05) is 11.5 Å². The van der Waals surface area contributed by atoms with E-state index in [4.69, 9.17) is 5.73 Å². The fourth-order valence-corrected chi connectivity index (χ4v) is 2.68. The van der Waals surface area contributed by atoms with Crippen molar-refractivity contribution in [1.29, 1.82) is 0 Å². The molecule has 1 aromatic heterocycles. The first-order valence-electron chi connectivity index (χ1n) is 4.18. The van der Waals surface area contributed by atoms with Crippen LogP contribution >= 0.6 is 11.8 Å². The summed E-state index contributed by atoms with van der Waals surface area (Å²) in [6, 6.07) is 0. The number of nitrogens with zero attached hydrogens (tertiary/aromatic N) is 1. The lowest BCUT2D eigenvalue weighted by Gasteiger charge is -2.30. The van der Waals surface area contributed by atoms with Crippen molar-refractivity contribution < 1.29 is 0 Å². The average molecular weight is 183 g/mol. The molecule has 2 rings (SSSR count). The number of imidazole rings is 1. The maximum Gasteiger partial charge on any atom is 0.127 e. The molecule has 1 fully saturated rings. The van der Waals surface area contributed by atoms with E-state index in [0.29, 0.717) is 0 Å². The van der Waals surface area contributed by atoms with Gasteiger partial charge in [0.25, 0.3) is 0 Å². The summed E-state index contributed by atoms with van der Waals surface area (Å²) in [5.41, 5.74) is 6.01. The van der Waals surface area contributed by atoms with Crippen molar-refractivity contribution in [3.63, 3.8) is 0 Å². The Morgan fingerprint density at radius 3 is 3.17 bits per heavy atom. The van der Waals surface area contributed by atoms with Crippen molar-refractivity contribution in [2.24, 2.45) is 5.73 Å². The molecule has 0 aromatic carbocycles. The van der Waals surface area contributed by atoms with Gasteiger partial charge in [0, 0.05) is 18.1 Å². The Hall–Kier alpha value is -0.480. The largest absolute Gasteiger partial charge is 0.347 e. The topological polar surface area (TPSA) is 54.7 Å². The van der Waals surface area contributed by atoms with Gasteiger partial charge in [0.2, 0.25) is 0 Å². The van der Waals surface area contributed by atoms with Crippen molar-refractivity contribution in [2.45, 2.75) is 18.4 Å². The van der Waals surface area contributed by atoms with E-state index in [1.54, 1.807) is 6.20 Å². The first-order valence-corrected chi connectivity index (χ1v) is 5.33. The van der Waals surface area contributed by atoms with Crippen LogP contribution in [0.3, 0.4) is 0 Å². The maximum atomic E-state index is 6.21. The van der Waals surface area contributed by atoms with Crippen LogP contribution in [-0.4, -0.2) is 21.5 Å². The highest BCUT2D eigenvalue weighted by Crippen LogP contribution is 2.30. The molecule has 2 heterocycles. The summed E-state index contributed by atoms with van der Waals surface area (Å²) in [5.74, 6) is 3.16. The fourth-order valence-electron chi connectivity index (χ4n) is 1.54. The smallest absolute Gasteiger partial charge is 0.127 e. The second kappa shape index (κ2) is 3.11. The molecule has 0 spiro atoms. The minimum atomic E-state index is -0.202. The second-order valence-electron chi connectivity index (χ2n) is 3.25. The summed E-state index contributed by atoms with van der Waals surface area (Å²) in [6.07, 6.45) is 5.85. The lowest BCUT2D eigenvalue weighted by atomic mass is 9.96. The summed E-state index contributed by atoms with van der Waals surface area (Å²) < 4.78 is 0. The SMILES string of the molecule is N[C@]1(c2ncc[nH]2)CCCSC1. The lowest BCUT2D eigenvalue weighted by Crippen LogP contribution is -2.42. The van der Waals surface area contributed by atoms with E-state index in [1.165, 1.54) is 12.2 Å². The molecule has 0 saturated carbocycles. The highest BCUT2D eigenvalue weighted by Gasteiger charge is 2.31. The van der Waals surface area contributed by atoms with Crippen LogP contribution in [0.5, 0.6) is 0 Å². The van der Waals surface area contributed by atoms with Gasteiger partial charge < -0.3 is 10.7 Å². The predicted molar refractivity (Wildman–Crippen MR) is 51.0 cm³/mol. The summed E-state index contributed by atoms with van der Waals surface area (Å²) >= 11 is 1.92. The van der Waals surface area contributed by atoms with Gasteiger partial charge in [0.15, 0.2) is 0 Å². The molecule has 3 nitrogen and oxygen atoms in total. The number of hydrogen-bond acceptors (Lipinski definition) is 3. The molecule has 1 aliphatic rings. The van der Waals surface area contributed by atoms with Gasteiger partial charge >= 0.3 is 0 Å². The minimum Gasteiger partial charge on any atom is -0.347 e. The molecule has 1 aliphatic heterocycles. The first kappa shape index (κ1) is 8.13. The second-order valence-corrected chi connectivity index (χ2v) is 4.36. The average Bonchev–Trinajstić information content (AvgIpc) is 2.58. The molecule has 12 heavy (non-hydrogen) atoms. The van der Waals surface area contributed by atoms with Crippen LogP contribution in [0.1, 0.15) is 18.7 Å². The van der Waals surface area contributed by atoms with Gasteiger partial charge in [-0.1, -0.05) is 0 Å². The zero-order valence-electron chi connectivity index (χ0n) is 6.92. The summed E-state index contributed by atoms with van der Waals surface area (Å²) in [4.78, 5) is 7.32. The zero-order chi connectivity index (χ0) is 8.44. The van der Waals surface area contributed by atoms with Crippen LogP contribution in [0, 0.1) is 0 Å². The van der Waals surface area contributed by atoms with Crippen LogP contribution in [0.25, 0.3) is 0 Å². The van der Waals surface area contributed by atoms with E-state index in [-0.39, 0.29) is 5.54 Å². The molecule has 1 atom stereocenters. The fraction of sp³-hybridized carbons (Fsp3) is 0.625. The van der Waals surface area contributed by atoms with Crippen molar-refractivity contribution in [3.05, 3.63) is 18.2 Å². The van der Waals surface area contributed by atoms with E-state index >= 15 is 0 Å². The predicted octanol–water partition coefficient (Wildman–Crippen LogP) is 1.09. The Kier molecular flexibility index (Phi) is 2.11. The summed E-state index contributed by atoms with van der Waals surface area (Å²) in [6.45, 7) is 0. The monoisotopic (exact) mass is 183 g/mol. The van der Waals surface area contributed by atoms with Gasteiger partial charge in [-0.2, -0.15) is 11.8 Å². The molecule has 3 N–H and O–H groups in total. The maximum absolute atomic E-state index is 6.21.